The maximum Gasteiger partial charge on any atom is 0.658 e. The van der Waals surface area contributed by atoms with E-state index in [4.69, 9.17) is 51.5 Å². The van der Waals surface area contributed by atoms with Crippen LogP contribution in [0.15, 0.2) is 24.3 Å². The Kier molecular flexibility index (Phi) is 4.20. The lowest BCUT2D eigenvalue weighted by Gasteiger charge is -2.17. The van der Waals surface area contributed by atoms with Crippen LogP contribution in [0.3, 0.4) is 0 Å². The third-order valence-corrected chi connectivity index (χ3v) is 4.16. The van der Waals surface area contributed by atoms with Crippen molar-refractivity contribution in [2.75, 3.05) is 0 Å². The summed E-state index contributed by atoms with van der Waals surface area (Å²) in [5.74, 6) is 0.990. The van der Waals surface area contributed by atoms with Crippen LogP contribution in [-0.2, 0) is 0 Å². The highest BCUT2D eigenvalue weighted by Crippen LogP contribution is 2.49. The molecule has 27 heavy (non-hydrogen) atoms. The zero-order chi connectivity index (χ0) is 19.4. The van der Waals surface area contributed by atoms with Crippen molar-refractivity contribution in [3.63, 3.8) is 0 Å². The normalized spacial score (nSPS) is 17.6. The molecule has 0 saturated carbocycles. The Morgan fingerprint density at radius 1 is 0.704 bits per heavy atom. The van der Waals surface area contributed by atoms with Crippen LogP contribution in [0.25, 0.3) is 0 Å². The summed E-state index contributed by atoms with van der Waals surface area (Å²) in [7, 11) is 1.14. The lowest BCUT2D eigenvalue weighted by Crippen LogP contribution is -2.30. The summed E-state index contributed by atoms with van der Waals surface area (Å²) >= 11 is 12.2. The van der Waals surface area contributed by atoms with Gasteiger partial charge in [0.1, 0.15) is 11.5 Å². The zero-order valence-corrected chi connectivity index (χ0v) is 16.6. The summed E-state index contributed by atoms with van der Waals surface area (Å²) in [6.07, 6.45) is 0. The molecule has 0 unspecified atom stereocenters. The van der Waals surface area contributed by atoms with Crippen LogP contribution in [0.5, 0.6) is 34.5 Å². The van der Waals surface area contributed by atoms with Crippen molar-refractivity contribution in [2.45, 2.75) is 39.3 Å². The first-order chi connectivity index (χ1) is 12.6. The summed E-state index contributed by atoms with van der Waals surface area (Å²) in [4.78, 5) is 0. The molecule has 0 fully saturated rings. The predicted molar refractivity (Wildman–Crippen MR) is 101 cm³/mol. The van der Waals surface area contributed by atoms with Crippen LogP contribution in [0.4, 0.5) is 0 Å². The van der Waals surface area contributed by atoms with E-state index in [1.165, 1.54) is 0 Å². The fourth-order valence-electron chi connectivity index (χ4n) is 2.81. The van der Waals surface area contributed by atoms with Crippen LogP contribution in [0.2, 0.25) is 10.0 Å². The van der Waals surface area contributed by atoms with Crippen LogP contribution in [0.1, 0.15) is 27.7 Å². The molecule has 0 atom stereocenters. The molecule has 0 aromatic heterocycles. The van der Waals surface area contributed by atoms with Crippen LogP contribution < -0.4 is 28.3 Å². The Bertz CT molecular complexity index is 842. The van der Waals surface area contributed by atoms with E-state index in [0.29, 0.717) is 44.5 Å². The van der Waals surface area contributed by atoms with Gasteiger partial charge in [0.2, 0.25) is 23.1 Å². The van der Waals surface area contributed by atoms with E-state index in [2.05, 4.69) is 0 Å². The summed E-state index contributed by atoms with van der Waals surface area (Å²) in [5, 5.41) is 0.890. The van der Waals surface area contributed by atoms with Gasteiger partial charge in [0.05, 0.1) is 0 Å². The van der Waals surface area contributed by atoms with Gasteiger partial charge < -0.3 is 28.3 Å². The maximum absolute atomic E-state index is 6.12. The van der Waals surface area contributed by atoms with Gasteiger partial charge in [0, 0.05) is 62.0 Å². The van der Waals surface area contributed by atoms with Crippen molar-refractivity contribution in [3.05, 3.63) is 34.3 Å². The lowest BCUT2D eigenvalue weighted by atomic mass is 10.2. The minimum Gasteiger partial charge on any atom is -0.523 e. The van der Waals surface area contributed by atoms with Crippen molar-refractivity contribution in [3.8, 4) is 34.5 Å². The summed E-state index contributed by atoms with van der Waals surface area (Å²) < 4.78 is 34.1. The molecule has 6 nitrogen and oxygen atoms in total. The predicted octanol–water partition coefficient (Wildman–Crippen LogP) is 5.00. The van der Waals surface area contributed by atoms with Gasteiger partial charge in [-0.05, 0) is 0 Å². The molecule has 0 amide bonds. The third kappa shape index (κ3) is 3.66. The number of benzene rings is 2. The first kappa shape index (κ1) is 18.3. The molecule has 2 aliphatic heterocycles. The van der Waals surface area contributed by atoms with E-state index >= 15 is 0 Å². The average molecular weight is 410 g/mol. The molecule has 1 radical (unpaired) electrons. The van der Waals surface area contributed by atoms with Gasteiger partial charge in [-0.1, -0.05) is 23.2 Å². The number of ether oxygens (including phenoxy) is 4. The highest BCUT2D eigenvalue weighted by molar-refractivity contribution is 6.31. The molecular weight excluding hydrogens is 394 g/mol. The zero-order valence-electron chi connectivity index (χ0n) is 15.1. The van der Waals surface area contributed by atoms with Gasteiger partial charge in [0.25, 0.3) is 0 Å². The highest BCUT2D eigenvalue weighted by atomic mass is 35.5. The summed E-state index contributed by atoms with van der Waals surface area (Å²) in [6, 6.07) is 6.54. The van der Waals surface area contributed by atoms with Gasteiger partial charge in [-0.25, -0.2) is 0 Å². The molecule has 141 valence electrons. The van der Waals surface area contributed by atoms with E-state index in [1.54, 1.807) is 52.0 Å². The molecule has 0 aliphatic carbocycles. The van der Waals surface area contributed by atoms with E-state index in [1.807, 2.05) is 0 Å². The maximum atomic E-state index is 6.12. The molecule has 0 N–H and O–H groups in total. The molecule has 0 spiro atoms. The fraction of sp³-hybridized carbons (Fsp3) is 0.333. The van der Waals surface area contributed by atoms with Crippen molar-refractivity contribution in [2.24, 2.45) is 0 Å². The van der Waals surface area contributed by atoms with E-state index in [0.717, 1.165) is 7.69 Å². The number of rotatable bonds is 4. The lowest BCUT2D eigenvalue weighted by molar-refractivity contribution is -0.0440. The van der Waals surface area contributed by atoms with E-state index in [9.17, 15) is 0 Å². The van der Waals surface area contributed by atoms with Crippen molar-refractivity contribution >= 4 is 30.9 Å². The molecular formula is C18H16BCl2O6. The van der Waals surface area contributed by atoms with Gasteiger partial charge >= 0.3 is 7.69 Å². The Balaban J connectivity index is 1.52. The minimum absolute atomic E-state index is 0.360. The minimum atomic E-state index is -0.809. The molecule has 2 aromatic rings. The summed E-state index contributed by atoms with van der Waals surface area (Å²) in [5.41, 5.74) is 0. The van der Waals surface area contributed by atoms with Crippen LogP contribution in [-0.4, -0.2) is 19.3 Å². The highest BCUT2D eigenvalue weighted by Gasteiger charge is 2.36. The fourth-order valence-corrected chi connectivity index (χ4v) is 3.20. The van der Waals surface area contributed by atoms with Crippen molar-refractivity contribution in [1.82, 2.24) is 0 Å². The monoisotopic (exact) mass is 409 g/mol. The first-order valence-corrected chi connectivity index (χ1v) is 8.96. The van der Waals surface area contributed by atoms with Gasteiger partial charge in [-0.3, -0.25) is 0 Å². The van der Waals surface area contributed by atoms with E-state index < -0.39 is 11.6 Å². The Morgan fingerprint density at radius 3 is 1.52 bits per heavy atom. The van der Waals surface area contributed by atoms with E-state index in [-0.39, 0.29) is 0 Å². The molecule has 2 heterocycles. The van der Waals surface area contributed by atoms with Gasteiger partial charge in [-0.15, -0.1) is 0 Å². The van der Waals surface area contributed by atoms with Crippen LogP contribution >= 0.6 is 23.2 Å². The number of hydrogen-bond acceptors (Lipinski definition) is 6. The Labute approximate surface area is 167 Å². The molecule has 0 bridgehead atoms. The summed E-state index contributed by atoms with van der Waals surface area (Å²) in [6.45, 7) is 7.16. The van der Waals surface area contributed by atoms with Gasteiger partial charge in [0.15, 0.2) is 11.5 Å². The molecule has 0 saturated heterocycles. The number of hydrogen-bond donors (Lipinski definition) is 0. The Morgan fingerprint density at radius 2 is 1.11 bits per heavy atom. The molecule has 4 rings (SSSR count). The van der Waals surface area contributed by atoms with Gasteiger partial charge in [-0.2, -0.15) is 0 Å². The smallest absolute Gasteiger partial charge is 0.523 e. The molecule has 9 heteroatoms. The van der Waals surface area contributed by atoms with Crippen molar-refractivity contribution in [1.29, 1.82) is 0 Å². The number of fused-ring (bicyclic) bond motifs is 2. The second-order valence-corrected chi connectivity index (χ2v) is 7.88. The average Bonchev–Trinajstić information content (AvgIpc) is 3.00. The molecule has 2 aliphatic rings. The Hall–Kier alpha value is -2.12. The van der Waals surface area contributed by atoms with Crippen LogP contribution in [0, 0.1) is 0 Å². The molecule has 2 aromatic carbocycles. The quantitative estimate of drug-likeness (QED) is 0.662. The number of halogens is 2. The second kappa shape index (κ2) is 6.21. The topological polar surface area (TPSA) is 55.4 Å². The second-order valence-electron chi connectivity index (χ2n) is 7.00. The standard InChI is InChI=1S/C18H16BCl2O6/c1-17(2)22-11-5-9(20)7-13(15(11)24-17)26-19-27-14-8-10(21)6-12-16(14)25-18(3,4)23-12/h5-8H,1-4H3. The largest absolute Gasteiger partial charge is 0.658 e. The SMILES string of the molecule is CC1(C)Oc2cc(Cl)cc(O[B]Oc3cc(Cl)cc4c3OC(C)(C)O4)c2O1. The first-order valence-electron chi connectivity index (χ1n) is 8.20. The third-order valence-electron chi connectivity index (χ3n) is 3.73. The van der Waals surface area contributed by atoms with Crippen molar-refractivity contribution < 1.29 is 28.3 Å².